The predicted octanol–water partition coefficient (Wildman–Crippen LogP) is 6.34. The maximum absolute atomic E-state index is 13.5. The second-order valence-electron chi connectivity index (χ2n) is 7.64. The largest absolute Gasteiger partial charge is 0.384 e. The Morgan fingerprint density at radius 2 is 1.87 bits per heavy atom. The number of halogens is 2. The molecular weight excluding hydrogens is 415 g/mol. The minimum atomic E-state index is -0.325. The van der Waals surface area contributed by atoms with Crippen LogP contribution < -0.4 is 0 Å². The highest BCUT2D eigenvalue weighted by molar-refractivity contribution is 6.33. The first-order valence-corrected chi connectivity index (χ1v) is 10.4. The fraction of sp³-hybridized carbons (Fsp3) is 0.200. The summed E-state index contributed by atoms with van der Waals surface area (Å²) in [5.41, 5.74) is 3.55. The van der Waals surface area contributed by atoms with Gasteiger partial charge in [-0.2, -0.15) is 5.10 Å². The molecular formula is C25H22ClFN2O2. The summed E-state index contributed by atoms with van der Waals surface area (Å²) in [5, 5.41) is 6.23. The third-order valence-electron chi connectivity index (χ3n) is 5.19. The maximum Gasteiger partial charge on any atom is 0.163 e. The third-order valence-corrected chi connectivity index (χ3v) is 5.52. The molecule has 1 heterocycles. The Bertz CT molecular complexity index is 1230. The molecule has 31 heavy (non-hydrogen) atoms. The van der Waals surface area contributed by atoms with E-state index in [2.05, 4.69) is 0 Å². The zero-order chi connectivity index (χ0) is 22.0. The van der Waals surface area contributed by atoms with Gasteiger partial charge in [0.05, 0.1) is 16.2 Å². The van der Waals surface area contributed by atoms with Gasteiger partial charge in [0.15, 0.2) is 5.78 Å². The second kappa shape index (κ2) is 9.00. The minimum Gasteiger partial charge on any atom is -0.384 e. The summed E-state index contributed by atoms with van der Waals surface area (Å²) in [5.74, 6) is -0.166. The monoisotopic (exact) mass is 436 g/mol. The summed E-state index contributed by atoms with van der Waals surface area (Å²) in [4.78, 5) is 12.8. The number of Topliss-reactive ketones (excluding diaryl/α,β-unsaturated/α-hetero) is 1. The molecule has 0 saturated heterocycles. The highest BCUT2D eigenvalue weighted by Crippen LogP contribution is 2.34. The molecule has 4 nitrogen and oxygen atoms in total. The van der Waals surface area contributed by atoms with E-state index in [1.54, 1.807) is 23.9 Å². The number of fused-ring (bicyclic) bond motifs is 1. The lowest BCUT2D eigenvalue weighted by Crippen LogP contribution is -2.10. The van der Waals surface area contributed by atoms with Gasteiger partial charge in [-0.05, 0) is 48.4 Å². The van der Waals surface area contributed by atoms with Crippen LogP contribution in [0.5, 0.6) is 0 Å². The lowest BCUT2D eigenvalue weighted by atomic mass is 9.98. The van der Waals surface area contributed by atoms with Crippen molar-refractivity contribution >= 4 is 28.3 Å². The number of aromatic nitrogens is 2. The molecule has 0 aliphatic heterocycles. The fourth-order valence-electron chi connectivity index (χ4n) is 3.70. The van der Waals surface area contributed by atoms with Crippen LogP contribution in [0.15, 0.2) is 66.7 Å². The first-order chi connectivity index (χ1) is 15.0. The molecule has 0 amide bonds. The van der Waals surface area contributed by atoms with E-state index in [9.17, 15) is 9.18 Å². The van der Waals surface area contributed by atoms with E-state index in [0.29, 0.717) is 35.0 Å². The lowest BCUT2D eigenvalue weighted by molar-refractivity contribution is 0.0920. The van der Waals surface area contributed by atoms with Crippen molar-refractivity contribution in [3.8, 4) is 16.9 Å². The Morgan fingerprint density at radius 3 is 2.58 bits per heavy atom. The normalized spacial score (nSPS) is 12.3. The van der Waals surface area contributed by atoms with E-state index in [0.717, 1.165) is 16.5 Å². The van der Waals surface area contributed by atoms with Crippen LogP contribution in [0.4, 0.5) is 4.39 Å². The first-order valence-electron chi connectivity index (χ1n) is 10.0. The van der Waals surface area contributed by atoms with Gasteiger partial charge in [0.25, 0.3) is 0 Å². The lowest BCUT2D eigenvalue weighted by Gasteiger charge is -2.09. The van der Waals surface area contributed by atoms with E-state index in [-0.39, 0.29) is 17.5 Å². The van der Waals surface area contributed by atoms with Crippen molar-refractivity contribution in [2.75, 3.05) is 13.7 Å². The summed E-state index contributed by atoms with van der Waals surface area (Å²) in [6.07, 6.45) is 0.390. The highest BCUT2D eigenvalue weighted by Gasteiger charge is 2.18. The average Bonchev–Trinajstić information content (AvgIpc) is 3.13. The number of carbonyl (C=O) groups is 1. The molecule has 0 N–H and O–H groups in total. The molecule has 0 saturated carbocycles. The van der Waals surface area contributed by atoms with Crippen molar-refractivity contribution in [3.05, 3.63) is 83.1 Å². The quantitative estimate of drug-likeness (QED) is 0.317. The number of ketones is 1. The van der Waals surface area contributed by atoms with E-state index in [1.165, 1.54) is 12.1 Å². The van der Waals surface area contributed by atoms with Crippen LogP contribution in [0.1, 0.15) is 23.7 Å². The standard InChI is InChI=1S/C25H22ClFN2O2/c1-16(15-31-2)13-24(30)17-7-12-21-23(14-17)29(19-10-8-18(27)9-11-19)28-25(21)20-5-3-4-6-22(20)26/h3-12,14,16H,13,15H2,1-2H3/t16-/m1/s1. The van der Waals surface area contributed by atoms with Gasteiger partial charge in [-0.3, -0.25) is 4.79 Å². The Morgan fingerprint density at radius 1 is 1.13 bits per heavy atom. The molecule has 1 aromatic heterocycles. The summed E-state index contributed by atoms with van der Waals surface area (Å²) in [6, 6.07) is 19.1. The summed E-state index contributed by atoms with van der Waals surface area (Å²) < 4.78 is 20.4. The Kier molecular flexibility index (Phi) is 6.16. The Labute approximate surface area is 185 Å². The van der Waals surface area contributed by atoms with Crippen molar-refractivity contribution < 1.29 is 13.9 Å². The molecule has 0 spiro atoms. The fourth-order valence-corrected chi connectivity index (χ4v) is 3.92. The van der Waals surface area contributed by atoms with Crippen LogP contribution in [-0.4, -0.2) is 29.3 Å². The number of carbonyl (C=O) groups excluding carboxylic acids is 1. The predicted molar refractivity (Wildman–Crippen MR) is 121 cm³/mol. The molecule has 0 unspecified atom stereocenters. The molecule has 6 heteroatoms. The molecule has 0 aliphatic rings. The number of hydrogen-bond acceptors (Lipinski definition) is 3. The maximum atomic E-state index is 13.5. The molecule has 3 aromatic carbocycles. The molecule has 0 fully saturated rings. The number of nitrogens with zero attached hydrogens (tertiary/aromatic N) is 2. The SMILES string of the molecule is COC[C@H](C)CC(=O)c1ccc2c(-c3ccccc3Cl)nn(-c3ccc(F)cc3)c2c1. The Hall–Kier alpha value is -3.02. The minimum absolute atomic E-state index is 0.0394. The van der Waals surface area contributed by atoms with Gasteiger partial charge in [0.2, 0.25) is 0 Å². The van der Waals surface area contributed by atoms with Gasteiger partial charge in [0, 0.05) is 36.7 Å². The molecule has 0 radical (unpaired) electrons. The number of hydrogen-bond donors (Lipinski definition) is 0. The van der Waals surface area contributed by atoms with Crippen molar-refractivity contribution in [2.45, 2.75) is 13.3 Å². The molecule has 158 valence electrons. The topological polar surface area (TPSA) is 44.1 Å². The van der Waals surface area contributed by atoms with E-state index < -0.39 is 0 Å². The zero-order valence-corrected chi connectivity index (χ0v) is 18.1. The first kappa shape index (κ1) is 21.2. The summed E-state index contributed by atoms with van der Waals surface area (Å²) >= 11 is 6.44. The van der Waals surface area contributed by atoms with Crippen LogP contribution in [0.3, 0.4) is 0 Å². The molecule has 1 atom stereocenters. The smallest absolute Gasteiger partial charge is 0.163 e. The molecule has 0 aliphatic carbocycles. The zero-order valence-electron chi connectivity index (χ0n) is 17.3. The molecule has 4 aromatic rings. The van der Waals surface area contributed by atoms with Crippen LogP contribution in [0.25, 0.3) is 27.8 Å². The van der Waals surface area contributed by atoms with Crippen LogP contribution in [-0.2, 0) is 4.74 Å². The van der Waals surface area contributed by atoms with E-state index in [4.69, 9.17) is 21.4 Å². The van der Waals surface area contributed by atoms with Gasteiger partial charge < -0.3 is 4.74 Å². The number of rotatable bonds is 7. The van der Waals surface area contributed by atoms with Gasteiger partial charge in [-0.1, -0.05) is 42.8 Å². The Balaban J connectivity index is 1.86. The molecule has 0 bridgehead atoms. The van der Waals surface area contributed by atoms with Gasteiger partial charge in [0.1, 0.15) is 11.5 Å². The summed E-state index contributed by atoms with van der Waals surface area (Å²) in [7, 11) is 1.63. The van der Waals surface area contributed by atoms with E-state index in [1.807, 2.05) is 49.4 Å². The van der Waals surface area contributed by atoms with Crippen molar-refractivity contribution in [3.63, 3.8) is 0 Å². The van der Waals surface area contributed by atoms with Gasteiger partial charge in [-0.15, -0.1) is 0 Å². The van der Waals surface area contributed by atoms with E-state index >= 15 is 0 Å². The van der Waals surface area contributed by atoms with Crippen LogP contribution in [0.2, 0.25) is 5.02 Å². The van der Waals surface area contributed by atoms with Crippen molar-refractivity contribution in [1.29, 1.82) is 0 Å². The highest BCUT2D eigenvalue weighted by atomic mass is 35.5. The number of methoxy groups -OCH3 is 1. The van der Waals surface area contributed by atoms with Gasteiger partial charge in [-0.25, -0.2) is 9.07 Å². The van der Waals surface area contributed by atoms with Crippen molar-refractivity contribution in [1.82, 2.24) is 9.78 Å². The molecule has 4 rings (SSSR count). The summed E-state index contributed by atoms with van der Waals surface area (Å²) in [6.45, 7) is 2.51. The second-order valence-corrected chi connectivity index (χ2v) is 8.04. The number of benzene rings is 3. The number of ether oxygens (including phenoxy) is 1. The average molecular weight is 437 g/mol. The van der Waals surface area contributed by atoms with Crippen LogP contribution >= 0.6 is 11.6 Å². The third kappa shape index (κ3) is 4.38. The van der Waals surface area contributed by atoms with Crippen LogP contribution in [0, 0.1) is 11.7 Å². The van der Waals surface area contributed by atoms with Crippen molar-refractivity contribution in [2.24, 2.45) is 5.92 Å². The van der Waals surface area contributed by atoms with Gasteiger partial charge >= 0.3 is 0 Å².